The van der Waals surface area contributed by atoms with Gasteiger partial charge in [0.1, 0.15) is 24.5 Å². The molecule has 3 N–H and O–H groups in total. The van der Waals surface area contributed by atoms with Crippen LogP contribution in [-0.4, -0.2) is 28.8 Å². The molecule has 136 valence electrons. The molecule has 0 saturated heterocycles. The first kappa shape index (κ1) is 19.4. The zero-order chi connectivity index (χ0) is 18.9. The van der Waals surface area contributed by atoms with Gasteiger partial charge in [-0.25, -0.2) is 0 Å². The monoisotopic (exact) mass is 354 g/mol. The Labute approximate surface area is 152 Å². The molecule has 2 atom stereocenters. The number of carbonyl (C=O) groups excluding carboxylic acids is 1. The van der Waals surface area contributed by atoms with Gasteiger partial charge in [-0.1, -0.05) is 36.4 Å². The number of nitriles is 1. The SMILES string of the molecule is CC(=O)NCCC(O)C(O)c1ccc(C#N)c(OCc2ccccc2)c1. The van der Waals surface area contributed by atoms with Crippen LogP contribution in [0.25, 0.3) is 0 Å². The van der Waals surface area contributed by atoms with Crippen molar-refractivity contribution in [3.63, 3.8) is 0 Å². The van der Waals surface area contributed by atoms with Gasteiger partial charge >= 0.3 is 0 Å². The Kier molecular flexibility index (Phi) is 7.15. The Bertz CT molecular complexity index is 771. The van der Waals surface area contributed by atoms with Crippen LogP contribution in [0.15, 0.2) is 48.5 Å². The van der Waals surface area contributed by atoms with Crippen molar-refractivity contribution < 1.29 is 19.7 Å². The molecule has 0 aliphatic heterocycles. The fourth-order valence-corrected chi connectivity index (χ4v) is 2.45. The first-order valence-corrected chi connectivity index (χ1v) is 8.32. The van der Waals surface area contributed by atoms with Crippen LogP contribution in [0.4, 0.5) is 0 Å². The van der Waals surface area contributed by atoms with Gasteiger partial charge in [0.25, 0.3) is 0 Å². The largest absolute Gasteiger partial charge is 0.488 e. The van der Waals surface area contributed by atoms with Gasteiger partial charge in [0.15, 0.2) is 0 Å². The number of benzene rings is 2. The summed E-state index contributed by atoms with van der Waals surface area (Å²) in [6.45, 7) is 1.95. The molecular weight excluding hydrogens is 332 g/mol. The highest BCUT2D eigenvalue weighted by Gasteiger charge is 2.20. The predicted octanol–water partition coefficient (Wildman–Crippen LogP) is 2.06. The van der Waals surface area contributed by atoms with E-state index in [0.29, 0.717) is 23.5 Å². The number of hydrogen-bond acceptors (Lipinski definition) is 5. The molecule has 2 aromatic carbocycles. The van der Waals surface area contributed by atoms with E-state index in [9.17, 15) is 20.3 Å². The average molecular weight is 354 g/mol. The number of aliphatic hydroxyl groups is 2. The van der Waals surface area contributed by atoms with E-state index in [4.69, 9.17) is 4.74 Å². The maximum atomic E-state index is 10.9. The fourth-order valence-electron chi connectivity index (χ4n) is 2.45. The van der Waals surface area contributed by atoms with E-state index in [0.717, 1.165) is 5.56 Å². The highest BCUT2D eigenvalue weighted by atomic mass is 16.5. The molecule has 2 unspecified atom stereocenters. The molecule has 0 fully saturated rings. The van der Waals surface area contributed by atoms with Crippen LogP contribution in [0.3, 0.4) is 0 Å². The lowest BCUT2D eigenvalue weighted by molar-refractivity contribution is -0.119. The minimum atomic E-state index is -1.14. The lowest BCUT2D eigenvalue weighted by Gasteiger charge is -2.19. The summed E-state index contributed by atoms with van der Waals surface area (Å²) in [7, 11) is 0. The van der Waals surface area contributed by atoms with Crippen molar-refractivity contribution in [1.29, 1.82) is 5.26 Å². The first-order chi connectivity index (χ1) is 12.5. The molecule has 2 aromatic rings. The zero-order valence-electron chi connectivity index (χ0n) is 14.6. The van der Waals surface area contributed by atoms with Crippen LogP contribution in [0.5, 0.6) is 5.75 Å². The van der Waals surface area contributed by atoms with Crippen molar-refractivity contribution in [1.82, 2.24) is 5.32 Å². The quantitative estimate of drug-likeness (QED) is 0.673. The van der Waals surface area contributed by atoms with Gasteiger partial charge in [-0.3, -0.25) is 4.79 Å². The number of aliphatic hydroxyl groups excluding tert-OH is 2. The van der Waals surface area contributed by atoms with Gasteiger partial charge in [0.2, 0.25) is 5.91 Å². The van der Waals surface area contributed by atoms with Crippen molar-refractivity contribution in [2.75, 3.05) is 6.54 Å². The third-order valence-corrected chi connectivity index (χ3v) is 3.88. The molecule has 0 heterocycles. The van der Waals surface area contributed by atoms with E-state index in [2.05, 4.69) is 11.4 Å². The number of nitrogens with zero attached hydrogens (tertiary/aromatic N) is 1. The predicted molar refractivity (Wildman–Crippen MR) is 96.2 cm³/mol. The minimum Gasteiger partial charge on any atom is -0.488 e. The molecule has 6 nitrogen and oxygen atoms in total. The molecule has 1 amide bonds. The highest BCUT2D eigenvalue weighted by molar-refractivity contribution is 5.72. The van der Waals surface area contributed by atoms with E-state index < -0.39 is 12.2 Å². The number of amides is 1. The lowest BCUT2D eigenvalue weighted by atomic mass is 10.0. The normalized spacial score (nSPS) is 12.7. The number of ether oxygens (including phenoxy) is 1. The second kappa shape index (κ2) is 9.56. The van der Waals surface area contributed by atoms with E-state index >= 15 is 0 Å². The second-order valence-electron chi connectivity index (χ2n) is 5.93. The molecule has 0 bridgehead atoms. The van der Waals surface area contributed by atoms with Crippen molar-refractivity contribution in [2.45, 2.75) is 32.2 Å². The van der Waals surface area contributed by atoms with Crippen LogP contribution >= 0.6 is 0 Å². The van der Waals surface area contributed by atoms with E-state index in [-0.39, 0.29) is 18.9 Å². The van der Waals surface area contributed by atoms with Gasteiger partial charge in [-0.15, -0.1) is 0 Å². The molecule has 0 aliphatic rings. The van der Waals surface area contributed by atoms with Gasteiger partial charge in [-0.2, -0.15) is 5.26 Å². The van der Waals surface area contributed by atoms with Gasteiger partial charge in [-0.05, 0) is 29.7 Å². The molecule has 0 spiro atoms. The molecule has 0 aliphatic carbocycles. The Hall–Kier alpha value is -2.88. The first-order valence-electron chi connectivity index (χ1n) is 8.32. The Morgan fingerprint density at radius 1 is 1.23 bits per heavy atom. The van der Waals surface area contributed by atoms with Crippen molar-refractivity contribution in [2.24, 2.45) is 0 Å². The van der Waals surface area contributed by atoms with Gasteiger partial charge < -0.3 is 20.3 Å². The summed E-state index contributed by atoms with van der Waals surface area (Å²) in [5.41, 5.74) is 1.75. The van der Waals surface area contributed by atoms with Gasteiger partial charge in [0, 0.05) is 13.5 Å². The molecule has 0 aromatic heterocycles. The fraction of sp³-hybridized carbons (Fsp3) is 0.300. The molecule has 26 heavy (non-hydrogen) atoms. The number of nitrogens with one attached hydrogen (secondary N) is 1. The second-order valence-corrected chi connectivity index (χ2v) is 5.93. The summed E-state index contributed by atoms with van der Waals surface area (Å²) >= 11 is 0. The number of carbonyl (C=O) groups is 1. The molecule has 0 radical (unpaired) electrons. The summed E-state index contributed by atoms with van der Waals surface area (Å²) < 4.78 is 5.73. The van der Waals surface area contributed by atoms with Crippen LogP contribution in [0, 0.1) is 11.3 Å². The van der Waals surface area contributed by atoms with Crippen molar-refractivity contribution >= 4 is 5.91 Å². The average Bonchev–Trinajstić information content (AvgIpc) is 2.66. The van der Waals surface area contributed by atoms with E-state index in [1.807, 2.05) is 30.3 Å². The van der Waals surface area contributed by atoms with Crippen LogP contribution < -0.4 is 10.1 Å². The molecule has 0 saturated carbocycles. The zero-order valence-corrected chi connectivity index (χ0v) is 14.6. The van der Waals surface area contributed by atoms with E-state index in [1.165, 1.54) is 6.92 Å². The van der Waals surface area contributed by atoms with Crippen LogP contribution in [-0.2, 0) is 11.4 Å². The minimum absolute atomic E-state index is 0.193. The maximum absolute atomic E-state index is 10.9. The van der Waals surface area contributed by atoms with E-state index in [1.54, 1.807) is 18.2 Å². The van der Waals surface area contributed by atoms with Crippen molar-refractivity contribution in [3.8, 4) is 11.8 Å². The molecule has 2 rings (SSSR count). The molecular formula is C20H22N2O4. The summed E-state index contributed by atoms with van der Waals surface area (Å²) in [6, 6.07) is 16.3. The number of rotatable bonds is 8. The molecule has 6 heteroatoms. The summed E-state index contributed by atoms with van der Waals surface area (Å²) in [6.07, 6.45) is -1.98. The van der Waals surface area contributed by atoms with Crippen LogP contribution in [0.2, 0.25) is 0 Å². The summed E-state index contributed by atoms with van der Waals surface area (Å²) in [5.74, 6) is 0.156. The van der Waals surface area contributed by atoms with Crippen LogP contribution in [0.1, 0.15) is 36.1 Å². The highest BCUT2D eigenvalue weighted by Crippen LogP contribution is 2.27. The third-order valence-electron chi connectivity index (χ3n) is 3.88. The lowest BCUT2D eigenvalue weighted by Crippen LogP contribution is -2.27. The summed E-state index contributed by atoms with van der Waals surface area (Å²) in [4.78, 5) is 10.9. The van der Waals surface area contributed by atoms with Crippen molar-refractivity contribution in [3.05, 3.63) is 65.2 Å². The maximum Gasteiger partial charge on any atom is 0.216 e. The Balaban J connectivity index is 2.07. The van der Waals surface area contributed by atoms with Gasteiger partial charge in [0.05, 0.1) is 11.7 Å². The summed E-state index contributed by atoms with van der Waals surface area (Å²) in [5, 5.41) is 32.2. The smallest absolute Gasteiger partial charge is 0.216 e. The Morgan fingerprint density at radius 2 is 1.96 bits per heavy atom. The standard InChI is InChI=1S/C20H22N2O4/c1-14(23)22-10-9-18(24)20(25)16-7-8-17(12-21)19(11-16)26-13-15-5-3-2-4-6-15/h2-8,11,18,20,24-25H,9-10,13H2,1H3,(H,22,23). The Morgan fingerprint density at radius 3 is 2.62 bits per heavy atom. The topological polar surface area (TPSA) is 103 Å². The third kappa shape index (κ3) is 5.59. The number of hydrogen-bond donors (Lipinski definition) is 3.